The van der Waals surface area contributed by atoms with Crippen LogP contribution in [0.25, 0.3) is 0 Å². The molecular formula is C19H17N3O4S2. The van der Waals surface area contributed by atoms with Gasteiger partial charge in [-0.3, -0.25) is 9.52 Å². The summed E-state index contributed by atoms with van der Waals surface area (Å²) < 4.78 is 30.4. The number of carbonyl (C=O) groups excluding carboxylic acids is 1. The van der Waals surface area contributed by atoms with Gasteiger partial charge in [0.1, 0.15) is 0 Å². The summed E-state index contributed by atoms with van der Waals surface area (Å²) in [5.41, 5.74) is 3.07. The summed E-state index contributed by atoms with van der Waals surface area (Å²) in [4.78, 5) is 12.9. The molecule has 0 radical (unpaired) electrons. The number of amides is 1. The van der Waals surface area contributed by atoms with E-state index in [1.54, 1.807) is 47.7 Å². The highest BCUT2D eigenvalue weighted by Gasteiger charge is 2.34. The van der Waals surface area contributed by atoms with Crippen LogP contribution in [0, 0.1) is 0 Å². The summed E-state index contributed by atoms with van der Waals surface area (Å²) in [6, 6.07) is 12.0. The Kier molecular flexibility index (Phi) is 4.78. The first kappa shape index (κ1) is 18.5. The lowest BCUT2D eigenvalue weighted by atomic mass is 10.0. The van der Waals surface area contributed by atoms with Gasteiger partial charge in [0.25, 0.3) is 0 Å². The highest BCUT2D eigenvalue weighted by molar-refractivity contribution is 7.92. The zero-order valence-corrected chi connectivity index (χ0v) is 16.5. The molecule has 1 amide bonds. The summed E-state index contributed by atoms with van der Waals surface area (Å²) in [6.45, 7) is 0. The second-order valence-electron chi connectivity index (χ2n) is 6.40. The standard InChI is InChI=1S/C19H17N3O4S2/c1-28(24,25)21-15-6-4-13(5-7-15)16-11-17(14-8-10-27-12-14)22(20-16)19(23)18-3-2-9-26-18/h2-10,12,17,21H,11H2,1H3/t17-/m1/s1. The highest BCUT2D eigenvalue weighted by Crippen LogP contribution is 2.35. The van der Waals surface area contributed by atoms with Crippen LogP contribution < -0.4 is 4.72 Å². The number of thiophene rings is 1. The number of nitrogens with one attached hydrogen (secondary N) is 1. The lowest BCUT2D eigenvalue weighted by Gasteiger charge is -2.19. The molecule has 0 spiro atoms. The third-order valence-electron chi connectivity index (χ3n) is 4.30. The minimum absolute atomic E-state index is 0.215. The van der Waals surface area contributed by atoms with Gasteiger partial charge in [0.05, 0.1) is 24.3 Å². The first-order valence-electron chi connectivity index (χ1n) is 8.45. The molecule has 7 nitrogen and oxygen atoms in total. The van der Waals surface area contributed by atoms with E-state index in [4.69, 9.17) is 4.42 Å². The van der Waals surface area contributed by atoms with Crippen LogP contribution in [0.15, 0.2) is 69.0 Å². The fraction of sp³-hybridized carbons (Fsp3) is 0.158. The molecule has 1 aliphatic rings. The number of furan rings is 1. The van der Waals surface area contributed by atoms with Crippen LogP contribution in [-0.2, 0) is 10.0 Å². The molecule has 4 rings (SSSR count). The van der Waals surface area contributed by atoms with Gasteiger partial charge in [-0.05, 0) is 52.2 Å². The van der Waals surface area contributed by atoms with E-state index in [2.05, 4.69) is 9.82 Å². The lowest BCUT2D eigenvalue weighted by molar-refractivity contribution is 0.0679. The van der Waals surface area contributed by atoms with Crippen molar-refractivity contribution in [3.05, 3.63) is 76.4 Å². The van der Waals surface area contributed by atoms with E-state index >= 15 is 0 Å². The largest absolute Gasteiger partial charge is 0.459 e. The Labute approximate surface area is 166 Å². The molecule has 0 saturated carbocycles. The van der Waals surface area contributed by atoms with Crippen molar-refractivity contribution in [3.8, 4) is 0 Å². The van der Waals surface area contributed by atoms with Gasteiger partial charge < -0.3 is 4.42 Å². The van der Waals surface area contributed by atoms with Crippen LogP contribution >= 0.6 is 11.3 Å². The number of benzene rings is 1. The van der Waals surface area contributed by atoms with Crippen molar-refractivity contribution in [2.24, 2.45) is 5.10 Å². The monoisotopic (exact) mass is 415 g/mol. The van der Waals surface area contributed by atoms with Crippen molar-refractivity contribution >= 4 is 38.7 Å². The van der Waals surface area contributed by atoms with Gasteiger partial charge in [-0.15, -0.1) is 0 Å². The molecule has 0 aliphatic carbocycles. The molecule has 28 heavy (non-hydrogen) atoms. The molecule has 0 unspecified atom stereocenters. The first-order valence-corrected chi connectivity index (χ1v) is 11.3. The summed E-state index contributed by atoms with van der Waals surface area (Å²) >= 11 is 1.56. The molecule has 1 aliphatic heterocycles. The van der Waals surface area contributed by atoms with E-state index in [-0.39, 0.29) is 17.7 Å². The topological polar surface area (TPSA) is 92.0 Å². The maximum absolute atomic E-state index is 12.9. The zero-order valence-electron chi connectivity index (χ0n) is 14.9. The Morgan fingerprint density at radius 1 is 1.25 bits per heavy atom. The summed E-state index contributed by atoms with van der Waals surface area (Å²) in [6.07, 6.45) is 3.12. The van der Waals surface area contributed by atoms with Crippen molar-refractivity contribution in [2.45, 2.75) is 12.5 Å². The molecule has 2 aromatic heterocycles. The van der Waals surface area contributed by atoms with Crippen molar-refractivity contribution in [1.82, 2.24) is 5.01 Å². The highest BCUT2D eigenvalue weighted by atomic mass is 32.2. The van der Waals surface area contributed by atoms with Crippen LogP contribution in [0.1, 0.15) is 34.1 Å². The molecule has 3 heterocycles. The fourth-order valence-electron chi connectivity index (χ4n) is 3.05. The van der Waals surface area contributed by atoms with Crippen molar-refractivity contribution < 1.29 is 17.6 Å². The van der Waals surface area contributed by atoms with Gasteiger partial charge in [-0.25, -0.2) is 13.4 Å². The molecule has 1 aromatic carbocycles. The second kappa shape index (κ2) is 7.25. The minimum atomic E-state index is -3.33. The maximum Gasteiger partial charge on any atom is 0.310 e. The van der Waals surface area contributed by atoms with Gasteiger partial charge >= 0.3 is 5.91 Å². The smallest absolute Gasteiger partial charge is 0.310 e. The Bertz CT molecular complexity index is 1100. The fourth-order valence-corrected chi connectivity index (χ4v) is 4.33. The van der Waals surface area contributed by atoms with Gasteiger partial charge in [0.15, 0.2) is 5.76 Å². The molecular weight excluding hydrogens is 398 g/mol. The van der Waals surface area contributed by atoms with Crippen LogP contribution in [0.2, 0.25) is 0 Å². The van der Waals surface area contributed by atoms with Crippen LogP contribution in [0.3, 0.4) is 0 Å². The maximum atomic E-state index is 12.9. The average Bonchev–Trinajstić information content (AvgIpc) is 3.40. The Hall–Kier alpha value is -2.91. The minimum Gasteiger partial charge on any atom is -0.459 e. The lowest BCUT2D eigenvalue weighted by Crippen LogP contribution is -2.26. The van der Waals surface area contributed by atoms with Gasteiger partial charge in [-0.2, -0.15) is 16.4 Å². The molecule has 3 aromatic rings. The normalized spacial score (nSPS) is 16.8. The number of nitrogens with zero attached hydrogens (tertiary/aromatic N) is 2. The molecule has 1 N–H and O–H groups in total. The van der Waals surface area contributed by atoms with Crippen molar-refractivity contribution in [3.63, 3.8) is 0 Å². The number of carbonyl (C=O) groups is 1. The number of hydrazone groups is 1. The van der Waals surface area contributed by atoms with E-state index in [1.165, 1.54) is 11.3 Å². The molecule has 144 valence electrons. The molecule has 9 heteroatoms. The summed E-state index contributed by atoms with van der Waals surface area (Å²) in [5, 5.41) is 9.99. The van der Waals surface area contributed by atoms with E-state index < -0.39 is 10.0 Å². The van der Waals surface area contributed by atoms with Crippen LogP contribution in [0.5, 0.6) is 0 Å². The van der Waals surface area contributed by atoms with Gasteiger partial charge in [0, 0.05) is 12.1 Å². The Balaban J connectivity index is 1.64. The summed E-state index contributed by atoms with van der Waals surface area (Å²) in [7, 11) is -3.33. The number of hydrogen-bond donors (Lipinski definition) is 1. The van der Waals surface area contributed by atoms with Crippen LogP contribution in [0.4, 0.5) is 5.69 Å². The number of hydrogen-bond acceptors (Lipinski definition) is 6. The van der Waals surface area contributed by atoms with Crippen molar-refractivity contribution in [2.75, 3.05) is 11.0 Å². The zero-order chi connectivity index (χ0) is 19.7. The quantitative estimate of drug-likeness (QED) is 0.688. The third-order valence-corrected chi connectivity index (χ3v) is 5.61. The SMILES string of the molecule is CS(=O)(=O)Nc1ccc(C2=NN(C(=O)c3ccco3)[C@@H](c3ccsc3)C2)cc1. The van der Waals surface area contributed by atoms with Crippen LogP contribution in [-0.4, -0.2) is 31.3 Å². The second-order valence-corrected chi connectivity index (χ2v) is 8.93. The molecule has 1 atom stereocenters. The molecule has 0 bridgehead atoms. The third kappa shape index (κ3) is 3.85. The van der Waals surface area contributed by atoms with Gasteiger partial charge in [0.2, 0.25) is 10.0 Å². The first-order chi connectivity index (χ1) is 13.4. The Morgan fingerprint density at radius 3 is 2.64 bits per heavy atom. The van der Waals surface area contributed by atoms with E-state index in [0.29, 0.717) is 12.1 Å². The average molecular weight is 415 g/mol. The molecule has 0 saturated heterocycles. The number of rotatable bonds is 5. The Morgan fingerprint density at radius 2 is 2.04 bits per heavy atom. The number of anilines is 1. The van der Waals surface area contributed by atoms with Gasteiger partial charge in [-0.1, -0.05) is 12.1 Å². The van der Waals surface area contributed by atoms with E-state index in [9.17, 15) is 13.2 Å². The van der Waals surface area contributed by atoms with Crippen molar-refractivity contribution in [1.29, 1.82) is 0 Å². The predicted molar refractivity (Wildman–Crippen MR) is 108 cm³/mol. The predicted octanol–water partition coefficient (Wildman–Crippen LogP) is 3.70. The number of sulfonamides is 1. The molecule has 0 fully saturated rings. The summed E-state index contributed by atoms with van der Waals surface area (Å²) in [5.74, 6) is -0.0653. The van der Waals surface area contributed by atoms with E-state index in [0.717, 1.165) is 23.1 Å². The van der Waals surface area contributed by atoms with E-state index in [1.807, 2.05) is 16.8 Å².